The largest absolute Gasteiger partial charge is 0.351 e. The first-order valence-corrected chi connectivity index (χ1v) is 9.14. The monoisotopic (exact) mass is 385 g/mol. The van der Waals surface area contributed by atoms with E-state index in [4.69, 9.17) is 23.8 Å². The van der Waals surface area contributed by atoms with Crippen LogP contribution in [0.15, 0.2) is 65.9 Å². The number of hydrogen-bond acceptors (Lipinski definition) is 2. The van der Waals surface area contributed by atoms with Crippen molar-refractivity contribution in [2.45, 2.75) is 25.9 Å². The Morgan fingerprint density at radius 1 is 1.15 bits per heavy atom. The maximum atomic E-state index is 13.0. The molecule has 3 rings (SSSR count). The number of carbonyl (C=O) groups is 1. The number of hydrogen-bond donors (Lipinski definition) is 3. The molecule has 0 saturated heterocycles. The Morgan fingerprint density at radius 3 is 2.46 bits per heavy atom. The van der Waals surface area contributed by atoms with Crippen molar-refractivity contribution in [2.75, 3.05) is 0 Å². The molecule has 2 atom stereocenters. The molecule has 1 aliphatic heterocycles. The van der Waals surface area contributed by atoms with Crippen molar-refractivity contribution >= 4 is 34.8 Å². The molecule has 4 nitrogen and oxygen atoms in total. The minimum atomic E-state index is -0.330. The van der Waals surface area contributed by atoms with Gasteiger partial charge in [0.05, 0.1) is 17.7 Å². The van der Waals surface area contributed by atoms with Gasteiger partial charge in [0.15, 0.2) is 5.11 Å². The highest BCUT2D eigenvalue weighted by Crippen LogP contribution is 2.28. The molecule has 0 radical (unpaired) electrons. The lowest BCUT2D eigenvalue weighted by molar-refractivity contribution is -0.118. The number of carbonyl (C=O) groups excluding carboxylic acids is 1. The highest BCUT2D eigenvalue weighted by Gasteiger charge is 2.30. The van der Waals surface area contributed by atoms with E-state index in [1.807, 2.05) is 56.3 Å². The predicted molar refractivity (Wildman–Crippen MR) is 109 cm³/mol. The Balaban J connectivity index is 1.88. The van der Waals surface area contributed by atoms with Crippen LogP contribution in [0, 0.1) is 0 Å². The molecule has 0 fully saturated rings. The van der Waals surface area contributed by atoms with E-state index < -0.39 is 0 Å². The molecule has 2 aromatic carbocycles. The van der Waals surface area contributed by atoms with Gasteiger partial charge < -0.3 is 16.0 Å². The Bertz CT molecular complexity index is 849. The fourth-order valence-corrected chi connectivity index (χ4v) is 3.40. The summed E-state index contributed by atoms with van der Waals surface area (Å²) in [6, 6.07) is 16.8. The van der Waals surface area contributed by atoms with Gasteiger partial charge in [0, 0.05) is 10.7 Å². The Morgan fingerprint density at radius 2 is 1.81 bits per heavy atom. The van der Waals surface area contributed by atoms with E-state index in [-0.39, 0.29) is 18.0 Å². The average molecular weight is 386 g/mol. The van der Waals surface area contributed by atoms with Crippen LogP contribution in [0.4, 0.5) is 0 Å². The summed E-state index contributed by atoms with van der Waals surface area (Å²) in [5.74, 6) is -0.138. The summed E-state index contributed by atoms with van der Waals surface area (Å²) in [7, 11) is 0. The van der Waals surface area contributed by atoms with Crippen molar-refractivity contribution in [3.05, 3.63) is 82.0 Å². The number of allylic oxidation sites excluding steroid dienone is 1. The summed E-state index contributed by atoms with van der Waals surface area (Å²) in [5, 5.41) is 10.5. The van der Waals surface area contributed by atoms with Gasteiger partial charge in [0.25, 0.3) is 5.91 Å². The second kappa shape index (κ2) is 7.89. The molecule has 1 amide bonds. The zero-order valence-electron chi connectivity index (χ0n) is 14.5. The second-order valence-corrected chi connectivity index (χ2v) is 7.07. The fourth-order valence-electron chi connectivity index (χ4n) is 3.00. The van der Waals surface area contributed by atoms with Crippen molar-refractivity contribution in [3.8, 4) is 0 Å². The van der Waals surface area contributed by atoms with Crippen LogP contribution in [0.2, 0.25) is 5.02 Å². The number of benzene rings is 2. The van der Waals surface area contributed by atoms with Gasteiger partial charge in [0.1, 0.15) is 0 Å². The number of halogens is 1. The van der Waals surface area contributed by atoms with Crippen LogP contribution < -0.4 is 16.0 Å². The zero-order chi connectivity index (χ0) is 18.7. The van der Waals surface area contributed by atoms with Crippen LogP contribution in [0.25, 0.3) is 0 Å². The van der Waals surface area contributed by atoms with E-state index >= 15 is 0 Å². The lowest BCUT2D eigenvalue weighted by atomic mass is 9.94. The molecular weight excluding hydrogens is 366 g/mol. The number of thiocarbonyl (C=S) groups is 1. The molecule has 6 heteroatoms. The smallest absolute Gasteiger partial charge is 0.251 e. The second-order valence-electron chi connectivity index (χ2n) is 6.23. The van der Waals surface area contributed by atoms with Gasteiger partial charge in [0.2, 0.25) is 0 Å². The number of nitrogens with one attached hydrogen (secondary N) is 3. The predicted octanol–water partition coefficient (Wildman–Crippen LogP) is 4.01. The lowest BCUT2D eigenvalue weighted by Crippen LogP contribution is -2.47. The van der Waals surface area contributed by atoms with E-state index in [0.717, 1.165) is 16.8 Å². The molecule has 2 unspecified atom stereocenters. The first kappa shape index (κ1) is 18.4. The van der Waals surface area contributed by atoms with Crippen LogP contribution in [0.1, 0.15) is 37.1 Å². The summed E-state index contributed by atoms with van der Waals surface area (Å²) < 4.78 is 0. The van der Waals surface area contributed by atoms with Crippen molar-refractivity contribution in [3.63, 3.8) is 0 Å². The van der Waals surface area contributed by atoms with E-state index in [9.17, 15) is 4.79 Å². The molecule has 0 bridgehead atoms. The minimum Gasteiger partial charge on any atom is -0.351 e. The van der Waals surface area contributed by atoms with Crippen LogP contribution in [0.3, 0.4) is 0 Å². The number of amides is 1. The molecule has 1 aliphatic rings. The van der Waals surface area contributed by atoms with Crippen molar-refractivity contribution in [1.29, 1.82) is 0 Å². The highest BCUT2D eigenvalue weighted by molar-refractivity contribution is 7.80. The normalized spacial score (nSPS) is 18.0. The van der Waals surface area contributed by atoms with Gasteiger partial charge in [-0.15, -0.1) is 0 Å². The SMILES string of the molecule is CC1=C(C(=O)NC(C)c2ccccc2)C(c2ccc(Cl)cc2)NC(=S)N1. The summed E-state index contributed by atoms with van der Waals surface area (Å²) in [6.45, 7) is 3.83. The van der Waals surface area contributed by atoms with E-state index in [0.29, 0.717) is 15.7 Å². The van der Waals surface area contributed by atoms with Gasteiger partial charge >= 0.3 is 0 Å². The topological polar surface area (TPSA) is 53.2 Å². The highest BCUT2D eigenvalue weighted by atomic mass is 35.5. The maximum absolute atomic E-state index is 13.0. The van der Waals surface area contributed by atoms with E-state index in [1.54, 1.807) is 12.1 Å². The standard InChI is InChI=1S/C20H20ClN3OS/c1-12(14-6-4-3-5-7-14)22-19(25)17-13(2)23-20(26)24-18(17)15-8-10-16(21)11-9-15/h3-12,18H,1-2H3,(H,22,25)(H2,23,24,26). The van der Waals surface area contributed by atoms with Crippen molar-refractivity contribution in [1.82, 2.24) is 16.0 Å². The Kier molecular flexibility index (Phi) is 5.59. The quantitative estimate of drug-likeness (QED) is 0.696. The van der Waals surface area contributed by atoms with E-state index in [1.165, 1.54) is 0 Å². The van der Waals surface area contributed by atoms with Gasteiger partial charge in [-0.1, -0.05) is 54.1 Å². The molecule has 134 valence electrons. The fraction of sp³-hybridized carbons (Fsp3) is 0.200. The van der Waals surface area contributed by atoms with Gasteiger partial charge in [-0.3, -0.25) is 4.79 Å². The van der Waals surface area contributed by atoms with Crippen molar-refractivity contribution < 1.29 is 4.79 Å². The molecule has 1 heterocycles. The van der Waals surface area contributed by atoms with Crippen LogP contribution in [-0.2, 0) is 4.79 Å². The summed E-state index contributed by atoms with van der Waals surface area (Å²) in [6.07, 6.45) is 0. The zero-order valence-corrected chi connectivity index (χ0v) is 16.1. The van der Waals surface area contributed by atoms with E-state index in [2.05, 4.69) is 16.0 Å². The molecule has 0 spiro atoms. The van der Waals surface area contributed by atoms with Crippen LogP contribution in [-0.4, -0.2) is 11.0 Å². The lowest BCUT2D eigenvalue weighted by Gasteiger charge is -2.31. The number of rotatable bonds is 4. The molecular formula is C20H20ClN3OS. The minimum absolute atomic E-state index is 0.108. The molecule has 0 aliphatic carbocycles. The maximum Gasteiger partial charge on any atom is 0.251 e. The Hall–Kier alpha value is -2.37. The third-order valence-corrected chi connectivity index (χ3v) is 4.84. The summed E-state index contributed by atoms with van der Waals surface area (Å²) >= 11 is 11.3. The molecule has 3 N–H and O–H groups in total. The van der Waals surface area contributed by atoms with Gasteiger partial charge in [-0.25, -0.2) is 0 Å². The first-order chi connectivity index (χ1) is 12.5. The van der Waals surface area contributed by atoms with Gasteiger partial charge in [-0.2, -0.15) is 0 Å². The van der Waals surface area contributed by atoms with Crippen LogP contribution >= 0.6 is 23.8 Å². The molecule has 26 heavy (non-hydrogen) atoms. The average Bonchev–Trinajstić information content (AvgIpc) is 2.62. The van der Waals surface area contributed by atoms with Gasteiger partial charge in [-0.05, 0) is 49.3 Å². The molecule has 2 aromatic rings. The Labute approximate surface area is 163 Å². The summed E-state index contributed by atoms with van der Waals surface area (Å²) in [5.41, 5.74) is 3.33. The molecule has 0 saturated carbocycles. The van der Waals surface area contributed by atoms with Crippen molar-refractivity contribution in [2.24, 2.45) is 0 Å². The third kappa shape index (κ3) is 4.06. The van der Waals surface area contributed by atoms with Crippen LogP contribution in [0.5, 0.6) is 0 Å². The third-order valence-electron chi connectivity index (χ3n) is 4.36. The first-order valence-electron chi connectivity index (χ1n) is 8.35. The molecule has 0 aromatic heterocycles. The summed E-state index contributed by atoms with van der Waals surface area (Å²) in [4.78, 5) is 13.0.